The van der Waals surface area contributed by atoms with Gasteiger partial charge in [0, 0.05) is 5.70 Å². The molecule has 6 heteroatoms. The second kappa shape index (κ2) is 3.96. The van der Waals surface area contributed by atoms with Crippen molar-refractivity contribution in [1.29, 1.82) is 0 Å². The molecular formula is C10H14N4O2. The van der Waals surface area contributed by atoms with Crippen LogP contribution in [0.4, 0.5) is 5.95 Å². The van der Waals surface area contributed by atoms with Gasteiger partial charge in [-0.3, -0.25) is 0 Å². The lowest BCUT2D eigenvalue weighted by atomic mass is 10.1. The van der Waals surface area contributed by atoms with Crippen LogP contribution in [0, 0.1) is 0 Å². The Morgan fingerprint density at radius 2 is 2.44 bits per heavy atom. The number of hydrogen-bond donors (Lipinski definition) is 1. The molecule has 1 atom stereocenters. The van der Waals surface area contributed by atoms with Gasteiger partial charge in [0.1, 0.15) is 6.33 Å². The van der Waals surface area contributed by atoms with Crippen LogP contribution in [0.1, 0.15) is 26.8 Å². The van der Waals surface area contributed by atoms with E-state index in [1.54, 1.807) is 11.6 Å². The number of carbonyl (C=O) groups is 1. The van der Waals surface area contributed by atoms with E-state index in [0.29, 0.717) is 18.1 Å². The molecule has 1 N–H and O–H groups in total. The predicted octanol–water partition coefficient (Wildman–Crippen LogP) is 1.10. The lowest BCUT2D eigenvalue weighted by Crippen LogP contribution is -2.27. The number of hydrogen-bond acceptors (Lipinski definition) is 5. The molecule has 1 aromatic heterocycles. The van der Waals surface area contributed by atoms with Crippen LogP contribution >= 0.6 is 0 Å². The molecule has 16 heavy (non-hydrogen) atoms. The van der Waals surface area contributed by atoms with E-state index in [1.807, 2.05) is 13.8 Å². The Morgan fingerprint density at radius 3 is 3.12 bits per heavy atom. The maximum Gasteiger partial charge on any atom is 0.337 e. The van der Waals surface area contributed by atoms with Gasteiger partial charge in [0.2, 0.25) is 5.95 Å². The Kier molecular flexibility index (Phi) is 2.64. The third-order valence-corrected chi connectivity index (χ3v) is 2.56. The first-order chi connectivity index (χ1) is 7.65. The van der Waals surface area contributed by atoms with Crippen molar-refractivity contribution in [2.45, 2.75) is 26.8 Å². The molecular weight excluding hydrogens is 208 g/mol. The molecule has 86 valence electrons. The van der Waals surface area contributed by atoms with E-state index in [1.165, 1.54) is 6.33 Å². The van der Waals surface area contributed by atoms with Crippen molar-refractivity contribution in [2.75, 3.05) is 11.9 Å². The van der Waals surface area contributed by atoms with Crippen molar-refractivity contribution in [3.05, 3.63) is 17.6 Å². The molecule has 0 fully saturated rings. The average Bonchev–Trinajstić information content (AvgIpc) is 2.66. The van der Waals surface area contributed by atoms with Gasteiger partial charge in [-0.25, -0.2) is 9.48 Å². The van der Waals surface area contributed by atoms with Gasteiger partial charge in [0.15, 0.2) is 0 Å². The van der Waals surface area contributed by atoms with Crippen LogP contribution in [0.15, 0.2) is 17.6 Å². The number of rotatable bonds is 2. The smallest absolute Gasteiger partial charge is 0.337 e. The Hall–Kier alpha value is -1.85. The number of allylic oxidation sites excluding steroid dienone is 1. The minimum atomic E-state index is -0.304. The maximum absolute atomic E-state index is 11.8. The first kappa shape index (κ1) is 10.7. The van der Waals surface area contributed by atoms with Crippen molar-refractivity contribution >= 4 is 11.9 Å². The molecule has 1 aliphatic heterocycles. The Morgan fingerprint density at radius 1 is 1.69 bits per heavy atom. The molecule has 0 aromatic carbocycles. The van der Waals surface area contributed by atoms with Crippen LogP contribution in [-0.4, -0.2) is 27.3 Å². The lowest BCUT2D eigenvalue weighted by Gasteiger charge is -2.24. The summed E-state index contributed by atoms with van der Waals surface area (Å²) in [5.74, 6) is 0.346. The van der Waals surface area contributed by atoms with Gasteiger partial charge in [-0.15, -0.1) is 0 Å². The fourth-order valence-corrected chi connectivity index (χ4v) is 1.83. The molecule has 0 spiro atoms. The SMILES string of the molecule is CCOC(=O)C1=C(C)Nc2ncnn2C1C. The number of aromatic nitrogens is 3. The number of nitrogens with one attached hydrogen (secondary N) is 1. The van der Waals surface area contributed by atoms with E-state index in [-0.39, 0.29) is 12.0 Å². The van der Waals surface area contributed by atoms with Crippen LogP contribution in [0.2, 0.25) is 0 Å². The van der Waals surface area contributed by atoms with Crippen LogP contribution in [0.3, 0.4) is 0 Å². The number of fused-ring (bicyclic) bond motifs is 1. The maximum atomic E-state index is 11.8. The Labute approximate surface area is 93.3 Å². The van der Waals surface area contributed by atoms with Crippen LogP contribution in [0.5, 0.6) is 0 Å². The summed E-state index contributed by atoms with van der Waals surface area (Å²) in [5.41, 5.74) is 1.37. The molecule has 2 heterocycles. The summed E-state index contributed by atoms with van der Waals surface area (Å²) in [6, 6.07) is -0.155. The largest absolute Gasteiger partial charge is 0.463 e. The first-order valence-electron chi connectivity index (χ1n) is 5.19. The Bertz CT molecular complexity index is 449. The average molecular weight is 222 g/mol. The van der Waals surface area contributed by atoms with Gasteiger partial charge in [-0.05, 0) is 20.8 Å². The molecule has 0 aliphatic carbocycles. The van der Waals surface area contributed by atoms with Crippen LogP contribution in [-0.2, 0) is 9.53 Å². The van der Waals surface area contributed by atoms with Gasteiger partial charge >= 0.3 is 5.97 Å². The second-order valence-electron chi connectivity index (χ2n) is 3.59. The molecule has 0 saturated heterocycles. The quantitative estimate of drug-likeness (QED) is 0.759. The molecule has 2 rings (SSSR count). The first-order valence-corrected chi connectivity index (χ1v) is 5.19. The summed E-state index contributed by atoms with van der Waals surface area (Å²) >= 11 is 0. The van der Waals surface area contributed by atoms with E-state index in [2.05, 4.69) is 15.4 Å². The summed E-state index contributed by atoms with van der Waals surface area (Å²) in [4.78, 5) is 15.8. The topological polar surface area (TPSA) is 69.0 Å². The highest BCUT2D eigenvalue weighted by Gasteiger charge is 2.29. The zero-order chi connectivity index (χ0) is 11.7. The van der Waals surface area contributed by atoms with Crippen LogP contribution < -0.4 is 5.32 Å². The highest BCUT2D eigenvalue weighted by molar-refractivity contribution is 5.91. The molecule has 0 saturated carbocycles. The van der Waals surface area contributed by atoms with Gasteiger partial charge in [-0.1, -0.05) is 0 Å². The zero-order valence-corrected chi connectivity index (χ0v) is 9.52. The number of ether oxygens (including phenoxy) is 1. The minimum Gasteiger partial charge on any atom is -0.463 e. The number of esters is 1. The van der Waals surface area contributed by atoms with Crippen molar-refractivity contribution in [2.24, 2.45) is 0 Å². The highest BCUT2D eigenvalue weighted by atomic mass is 16.5. The summed E-state index contributed by atoms with van der Waals surface area (Å²) in [7, 11) is 0. The number of anilines is 1. The number of nitrogens with zero attached hydrogens (tertiary/aromatic N) is 3. The molecule has 6 nitrogen and oxygen atoms in total. The van der Waals surface area contributed by atoms with Crippen molar-refractivity contribution in [3.8, 4) is 0 Å². The fraction of sp³-hybridized carbons (Fsp3) is 0.500. The second-order valence-corrected chi connectivity index (χ2v) is 3.59. The van der Waals surface area contributed by atoms with Gasteiger partial charge < -0.3 is 10.1 Å². The fourth-order valence-electron chi connectivity index (χ4n) is 1.83. The lowest BCUT2D eigenvalue weighted by molar-refractivity contribution is -0.139. The van der Waals surface area contributed by atoms with E-state index >= 15 is 0 Å². The zero-order valence-electron chi connectivity index (χ0n) is 9.52. The minimum absolute atomic E-state index is 0.155. The predicted molar refractivity (Wildman–Crippen MR) is 57.7 cm³/mol. The molecule has 1 aromatic rings. The third kappa shape index (κ3) is 1.56. The monoisotopic (exact) mass is 222 g/mol. The molecule has 0 radical (unpaired) electrons. The molecule has 1 unspecified atom stereocenters. The van der Waals surface area contributed by atoms with Crippen molar-refractivity contribution in [1.82, 2.24) is 14.8 Å². The summed E-state index contributed by atoms with van der Waals surface area (Å²) in [6.45, 7) is 5.89. The molecule has 0 bridgehead atoms. The van der Waals surface area contributed by atoms with Crippen molar-refractivity contribution < 1.29 is 9.53 Å². The third-order valence-electron chi connectivity index (χ3n) is 2.56. The summed E-state index contributed by atoms with van der Waals surface area (Å²) < 4.78 is 6.68. The van der Waals surface area contributed by atoms with Gasteiger partial charge in [0.05, 0.1) is 18.2 Å². The van der Waals surface area contributed by atoms with E-state index < -0.39 is 0 Å². The van der Waals surface area contributed by atoms with Crippen LogP contribution in [0.25, 0.3) is 0 Å². The standard InChI is InChI=1S/C10H14N4O2/c1-4-16-9(15)8-6(2)13-10-11-5-12-14(10)7(8)3/h5,7H,4H2,1-3H3,(H,11,12,13). The van der Waals surface area contributed by atoms with E-state index in [4.69, 9.17) is 4.74 Å². The summed E-state index contributed by atoms with van der Waals surface area (Å²) in [6.07, 6.45) is 1.46. The normalized spacial score (nSPS) is 19.1. The number of carbonyl (C=O) groups excluding carboxylic acids is 1. The van der Waals surface area contributed by atoms with Gasteiger partial charge in [0.25, 0.3) is 0 Å². The van der Waals surface area contributed by atoms with E-state index in [9.17, 15) is 4.79 Å². The van der Waals surface area contributed by atoms with E-state index in [0.717, 1.165) is 5.70 Å². The Balaban J connectivity index is 2.35. The van der Waals surface area contributed by atoms with Gasteiger partial charge in [-0.2, -0.15) is 10.1 Å². The summed E-state index contributed by atoms with van der Waals surface area (Å²) in [5, 5.41) is 7.09. The van der Waals surface area contributed by atoms with Crippen molar-refractivity contribution in [3.63, 3.8) is 0 Å². The molecule has 1 aliphatic rings. The highest BCUT2D eigenvalue weighted by Crippen LogP contribution is 2.28. The molecule has 0 amide bonds.